The number of carboxylic acid groups (broad SMARTS) is 1. The minimum Gasteiger partial charge on any atom is -0.478 e. The molecule has 2 rings (SSSR count). The molecule has 2 amide bonds. The number of hydrogen-bond acceptors (Lipinski definition) is 5. The molecule has 0 aliphatic rings. The molecule has 0 spiro atoms. The van der Waals surface area contributed by atoms with E-state index in [1.54, 1.807) is 6.92 Å². The third kappa shape index (κ3) is 3.75. The van der Waals surface area contributed by atoms with E-state index < -0.39 is 17.8 Å². The molecule has 21 heavy (non-hydrogen) atoms. The molecule has 0 bridgehead atoms. The summed E-state index contributed by atoms with van der Waals surface area (Å²) in [6.07, 6.45) is 0. The zero-order valence-corrected chi connectivity index (χ0v) is 10.9. The standard InChI is InChI=1S/C12H11FN4O4/c1-6-15-10(17-21-6)5-14-12(20)16-9-3-2-7(11(18)19)4-8(9)13/h2-4H,5H2,1H3,(H,18,19)(H2,14,16,20). The maximum Gasteiger partial charge on any atom is 0.335 e. The van der Waals surface area contributed by atoms with Crippen molar-refractivity contribution < 1.29 is 23.6 Å². The van der Waals surface area contributed by atoms with Gasteiger partial charge in [0.1, 0.15) is 5.82 Å². The Bertz CT molecular complexity index is 686. The van der Waals surface area contributed by atoms with Crippen molar-refractivity contribution in [1.82, 2.24) is 15.5 Å². The molecule has 0 saturated carbocycles. The molecule has 2 aromatic rings. The van der Waals surface area contributed by atoms with E-state index in [4.69, 9.17) is 9.63 Å². The van der Waals surface area contributed by atoms with Crippen LogP contribution in [0.5, 0.6) is 0 Å². The Kier molecular flexibility index (Phi) is 4.12. The van der Waals surface area contributed by atoms with E-state index >= 15 is 0 Å². The highest BCUT2D eigenvalue weighted by Gasteiger charge is 2.11. The largest absolute Gasteiger partial charge is 0.478 e. The van der Waals surface area contributed by atoms with Crippen LogP contribution in [0.1, 0.15) is 22.1 Å². The number of halogens is 1. The summed E-state index contributed by atoms with van der Waals surface area (Å²) >= 11 is 0. The number of rotatable bonds is 4. The lowest BCUT2D eigenvalue weighted by molar-refractivity contribution is 0.0696. The number of aryl methyl sites for hydroxylation is 1. The zero-order chi connectivity index (χ0) is 15.4. The molecule has 0 unspecified atom stereocenters. The minimum absolute atomic E-state index is 0.0119. The molecule has 9 heteroatoms. The van der Waals surface area contributed by atoms with E-state index in [1.807, 2.05) is 0 Å². The van der Waals surface area contributed by atoms with E-state index in [9.17, 15) is 14.0 Å². The number of benzene rings is 1. The Morgan fingerprint density at radius 1 is 1.43 bits per heavy atom. The highest BCUT2D eigenvalue weighted by Crippen LogP contribution is 2.15. The Balaban J connectivity index is 1.94. The molecule has 0 aliphatic carbocycles. The molecule has 0 radical (unpaired) electrons. The fraction of sp³-hybridized carbons (Fsp3) is 0.167. The molecule has 1 aromatic carbocycles. The van der Waals surface area contributed by atoms with Gasteiger partial charge in [0.2, 0.25) is 5.89 Å². The van der Waals surface area contributed by atoms with Crippen molar-refractivity contribution in [3.8, 4) is 0 Å². The van der Waals surface area contributed by atoms with E-state index in [0.29, 0.717) is 5.89 Å². The lowest BCUT2D eigenvalue weighted by atomic mass is 10.2. The van der Waals surface area contributed by atoms with Crippen LogP contribution >= 0.6 is 0 Å². The Labute approximate surface area is 118 Å². The maximum atomic E-state index is 13.6. The zero-order valence-electron chi connectivity index (χ0n) is 10.9. The van der Waals surface area contributed by atoms with E-state index in [2.05, 4.69) is 20.8 Å². The number of nitrogens with zero attached hydrogens (tertiary/aromatic N) is 2. The van der Waals surface area contributed by atoms with Gasteiger partial charge in [0, 0.05) is 6.92 Å². The van der Waals surface area contributed by atoms with Crippen LogP contribution in [0.2, 0.25) is 0 Å². The molecule has 8 nitrogen and oxygen atoms in total. The first-order valence-electron chi connectivity index (χ1n) is 5.82. The Morgan fingerprint density at radius 3 is 2.76 bits per heavy atom. The smallest absolute Gasteiger partial charge is 0.335 e. The molecule has 1 heterocycles. The molecule has 110 valence electrons. The number of carbonyl (C=O) groups excluding carboxylic acids is 1. The van der Waals surface area contributed by atoms with Crippen molar-refractivity contribution in [3.63, 3.8) is 0 Å². The van der Waals surface area contributed by atoms with Gasteiger partial charge in [0.15, 0.2) is 5.82 Å². The number of hydrogen-bond donors (Lipinski definition) is 3. The lowest BCUT2D eigenvalue weighted by Gasteiger charge is -2.07. The SMILES string of the molecule is Cc1nc(CNC(=O)Nc2ccc(C(=O)O)cc2F)no1. The first-order chi connectivity index (χ1) is 9.95. The van der Waals surface area contributed by atoms with Crippen LogP contribution in [-0.2, 0) is 6.54 Å². The van der Waals surface area contributed by atoms with Gasteiger partial charge < -0.3 is 20.3 Å². The normalized spacial score (nSPS) is 10.2. The van der Waals surface area contributed by atoms with Crippen molar-refractivity contribution in [2.24, 2.45) is 0 Å². The molecular formula is C12H11FN4O4. The van der Waals surface area contributed by atoms with Gasteiger partial charge in [-0.25, -0.2) is 14.0 Å². The first kappa shape index (κ1) is 14.4. The van der Waals surface area contributed by atoms with E-state index in [-0.39, 0.29) is 23.6 Å². The highest BCUT2D eigenvalue weighted by atomic mass is 19.1. The van der Waals surface area contributed by atoms with Crippen LogP contribution in [0.25, 0.3) is 0 Å². The third-order valence-electron chi connectivity index (χ3n) is 2.44. The van der Waals surface area contributed by atoms with Crippen LogP contribution in [0, 0.1) is 12.7 Å². The summed E-state index contributed by atoms with van der Waals surface area (Å²) < 4.78 is 18.3. The number of urea groups is 1. The van der Waals surface area contributed by atoms with Crippen LogP contribution in [0.15, 0.2) is 22.7 Å². The lowest BCUT2D eigenvalue weighted by Crippen LogP contribution is -2.29. The average molecular weight is 294 g/mol. The van der Waals surface area contributed by atoms with Gasteiger partial charge in [-0.1, -0.05) is 5.16 Å². The predicted octanol–water partition coefficient (Wildman–Crippen LogP) is 1.54. The summed E-state index contributed by atoms with van der Waals surface area (Å²) in [4.78, 5) is 26.1. The number of aromatic nitrogens is 2. The average Bonchev–Trinajstić information content (AvgIpc) is 2.84. The molecule has 0 fully saturated rings. The van der Waals surface area contributed by atoms with Gasteiger partial charge in [0.25, 0.3) is 0 Å². The summed E-state index contributed by atoms with van der Waals surface area (Å²) in [5.41, 5.74) is -0.345. The second kappa shape index (κ2) is 5.99. The van der Waals surface area contributed by atoms with Crippen LogP contribution in [0.3, 0.4) is 0 Å². The summed E-state index contributed by atoms with van der Waals surface area (Å²) in [5, 5.41) is 16.9. The summed E-state index contributed by atoms with van der Waals surface area (Å²) in [6.45, 7) is 1.62. The van der Waals surface area contributed by atoms with Gasteiger partial charge in [-0.2, -0.15) is 4.98 Å². The van der Waals surface area contributed by atoms with Crippen molar-refractivity contribution in [3.05, 3.63) is 41.3 Å². The second-order valence-corrected chi connectivity index (χ2v) is 4.04. The Morgan fingerprint density at radius 2 is 2.19 bits per heavy atom. The predicted molar refractivity (Wildman–Crippen MR) is 68.3 cm³/mol. The van der Waals surface area contributed by atoms with Crippen molar-refractivity contribution >= 4 is 17.7 Å². The van der Waals surface area contributed by atoms with Crippen molar-refractivity contribution in [2.75, 3.05) is 5.32 Å². The van der Waals surface area contributed by atoms with Crippen molar-refractivity contribution in [2.45, 2.75) is 13.5 Å². The molecule has 0 aliphatic heterocycles. The first-order valence-corrected chi connectivity index (χ1v) is 5.82. The molecular weight excluding hydrogens is 283 g/mol. The molecule has 0 saturated heterocycles. The molecule has 3 N–H and O–H groups in total. The summed E-state index contributed by atoms with van der Waals surface area (Å²) in [5.74, 6) is -1.45. The van der Waals surface area contributed by atoms with Gasteiger partial charge in [0.05, 0.1) is 17.8 Å². The fourth-order valence-electron chi connectivity index (χ4n) is 1.49. The number of anilines is 1. The monoisotopic (exact) mass is 294 g/mol. The maximum absolute atomic E-state index is 13.6. The summed E-state index contributed by atoms with van der Waals surface area (Å²) in [7, 11) is 0. The van der Waals surface area contributed by atoms with E-state index in [0.717, 1.165) is 12.1 Å². The van der Waals surface area contributed by atoms with Gasteiger partial charge in [-0.3, -0.25) is 0 Å². The van der Waals surface area contributed by atoms with Crippen LogP contribution in [0.4, 0.5) is 14.9 Å². The number of nitrogens with one attached hydrogen (secondary N) is 2. The minimum atomic E-state index is -1.25. The van der Waals surface area contributed by atoms with Gasteiger partial charge in [-0.05, 0) is 18.2 Å². The molecule has 0 atom stereocenters. The topological polar surface area (TPSA) is 117 Å². The molecule has 1 aromatic heterocycles. The highest BCUT2D eigenvalue weighted by molar-refractivity contribution is 5.91. The third-order valence-corrected chi connectivity index (χ3v) is 2.44. The quantitative estimate of drug-likeness (QED) is 0.787. The number of carbonyl (C=O) groups is 2. The number of aromatic carboxylic acids is 1. The van der Waals surface area contributed by atoms with E-state index in [1.165, 1.54) is 6.07 Å². The summed E-state index contributed by atoms with van der Waals surface area (Å²) in [6, 6.07) is 2.49. The van der Waals surface area contributed by atoms with Crippen molar-refractivity contribution in [1.29, 1.82) is 0 Å². The Hall–Kier alpha value is -2.97. The number of carboxylic acids is 1. The van der Waals surface area contributed by atoms with Crippen LogP contribution in [-0.4, -0.2) is 27.2 Å². The fourth-order valence-corrected chi connectivity index (χ4v) is 1.49. The van der Waals surface area contributed by atoms with Crippen LogP contribution < -0.4 is 10.6 Å². The van der Waals surface area contributed by atoms with Gasteiger partial charge in [-0.15, -0.1) is 0 Å². The second-order valence-electron chi connectivity index (χ2n) is 4.04. The van der Waals surface area contributed by atoms with Gasteiger partial charge >= 0.3 is 12.0 Å². The number of amides is 2.